The van der Waals surface area contributed by atoms with Crippen LogP contribution in [0.15, 0.2) is 24.3 Å². The van der Waals surface area contributed by atoms with E-state index in [1.54, 1.807) is 0 Å². The van der Waals surface area contributed by atoms with Crippen LogP contribution in [-0.4, -0.2) is 50.1 Å². The lowest BCUT2D eigenvalue weighted by atomic mass is 10.1. The smallest absolute Gasteiger partial charge is 0.234 e. The lowest BCUT2D eigenvalue weighted by molar-refractivity contribution is -0.121. The van der Waals surface area contributed by atoms with Crippen molar-refractivity contribution in [3.05, 3.63) is 29.8 Å². The maximum absolute atomic E-state index is 11.4. The summed E-state index contributed by atoms with van der Waals surface area (Å²) in [5.74, 6) is 0.971. The van der Waals surface area contributed by atoms with Crippen LogP contribution in [0.5, 0.6) is 5.75 Å². The van der Waals surface area contributed by atoms with Gasteiger partial charge in [-0.3, -0.25) is 9.69 Å². The predicted molar refractivity (Wildman–Crippen MR) is 78.8 cm³/mol. The molecular weight excluding hydrogens is 254 g/mol. The van der Waals surface area contributed by atoms with Crippen LogP contribution >= 0.6 is 0 Å². The van der Waals surface area contributed by atoms with Crippen molar-refractivity contribution < 1.29 is 9.53 Å². The monoisotopic (exact) mass is 277 g/mol. The van der Waals surface area contributed by atoms with E-state index in [4.69, 9.17) is 10.5 Å². The normalized spacial score (nSPS) is 16.6. The fraction of sp³-hybridized carbons (Fsp3) is 0.533. The van der Waals surface area contributed by atoms with Gasteiger partial charge in [0, 0.05) is 19.6 Å². The lowest BCUT2D eigenvalue weighted by Gasteiger charge is -2.18. The Morgan fingerprint density at radius 1 is 1.30 bits per heavy atom. The second kappa shape index (κ2) is 7.87. The predicted octanol–water partition coefficient (Wildman–Crippen LogP) is 0.389. The number of amides is 1. The molecule has 1 aromatic carbocycles. The van der Waals surface area contributed by atoms with Crippen LogP contribution in [-0.2, 0) is 11.2 Å². The fourth-order valence-electron chi connectivity index (χ4n) is 2.27. The summed E-state index contributed by atoms with van der Waals surface area (Å²) >= 11 is 0. The second-order valence-corrected chi connectivity index (χ2v) is 5.01. The molecule has 0 aliphatic carbocycles. The molecule has 0 unspecified atom stereocenters. The summed E-state index contributed by atoms with van der Waals surface area (Å²) in [6.07, 6.45) is 1.89. The van der Waals surface area contributed by atoms with E-state index in [2.05, 4.69) is 10.2 Å². The van der Waals surface area contributed by atoms with Gasteiger partial charge >= 0.3 is 0 Å². The van der Waals surface area contributed by atoms with Crippen molar-refractivity contribution >= 4 is 5.91 Å². The van der Waals surface area contributed by atoms with Gasteiger partial charge in [0.15, 0.2) is 0 Å². The molecule has 1 aromatic rings. The maximum Gasteiger partial charge on any atom is 0.234 e. The lowest BCUT2D eigenvalue weighted by Crippen LogP contribution is -2.35. The van der Waals surface area contributed by atoms with Crippen molar-refractivity contribution in [3.8, 4) is 5.75 Å². The molecule has 110 valence electrons. The SMILES string of the molecule is NCCc1ccc(OCCN2CCCNC(=O)C2)cc1. The van der Waals surface area contributed by atoms with Crippen LogP contribution in [0.1, 0.15) is 12.0 Å². The molecule has 20 heavy (non-hydrogen) atoms. The Kier molecular flexibility index (Phi) is 5.83. The first-order valence-electron chi connectivity index (χ1n) is 7.19. The average molecular weight is 277 g/mol. The highest BCUT2D eigenvalue weighted by atomic mass is 16.5. The zero-order valence-electron chi connectivity index (χ0n) is 11.8. The molecule has 1 aliphatic rings. The van der Waals surface area contributed by atoms with E-state index in [1.165, 1.54) is 5.56 Å². The average Bonchev–Trinajstić information content (AvgIpc) is 2.65. The Balaban J connectivity index is 1.73. The minimum atomic E-state index is 0.105. The van der Waals surface area contributed by atoms with Crippen molar-refractivity contribution in [2.45, 2.75) is 12.8 Å². The van der Waals surface area contributed by atoms with Crippen molar-refractivity contribution in [3.63, 3.8) is 0 Å². The van der Waals surface area contributed by atoms with E-state index in [-0.39, 0.29) is 5.91 Å². The molecule has 1 aliphatic heterocycles. The molecule has 5 heteroatoms. The molecule has 0 atom stereocenters. The van der Waals surface area contributed by atoms with Crippen LogP contribution in [0.25, 0.3) is 0 Å². The Labute approximate surface area is 120 Å². The molecule has 1 heterocycles. The highest BCUT2D eigenvalue weighted by Crippen LogP contribution is 2.12. The summed E-state index contributed by atoms with van der Waals surface area (Å²) < 4.78 is 5.71. The molecule has 1 fully saturated rings. The number of ether oxygens (including phenoxy) is 1. The van der Waals surface area contributed by atoms with Gasteiger partial charge in [0.1, 0.15) is 12.4 Å². The number of nitrogens with two attached hydrogens (primary N) is 1. The third kappa shape index (κ3) is 4.83. The Morgan fingerprint density at radius 3 is 2.85 bits per heavy atom. The highest BCUT2D eigenvalue weighted by molar-refractivity contribution is 5.78. The van der Waals surface area contributed by atoms with Gasteiger partial charge in [-0.25, -0.2) is 0 Å². The third-order valence-corrected chi connectivity index (χ3v) is 3.37. The van der Waals surface area contributed by atoms with E-state index >= 15 is 0 Å². The van der Waals surface area contributed by atoms with Crippen molar-refractivity contribution in [1.29, 1.82) is 0 Å². The number of nitrogens with one attached hydrogen (secondary N) is 1. The largest absolute Gasteiger partial charge is 0.492 e. The third-order valence-electron chi connectivity index (χ3n) is 3.37. The van der Waals surface area contributed by atoms with Gasteiger partial charge in [-0.2, -0.15) is 0 Å². The van der Waals surface area contributed by atoms with E-state index < -0.39 is 0 Å². The summed E-state index contributed by atoms with van der Waals surface area (Å²) in [6, 6.07) is 8.03. The summed E-state index contributed by atoms with van der Waals surface area (Å²) in [5, 5.41) is 2.87. The van der Waals surface area contributed by atoms with Gasteiger partial charge in [0.25, 0.3) is 0 Å². The van der Waals surface area contributed by atoms with Crippen molar-refractivity contribution in [1.82, 2.24) is 10.2 Å². The number of benzene rings is 1. The van der Waals surface area contributed by atoms with Crippen LogP contribution in [0, 0.1) is 0 Å². The number of carbonyl (C=O) groups is 1. The van der Waals surface area contributed by atoms with Gasteiger partial charge in [0.05, 0.1) is 6.54 Å². The zero-order chi connectivity index (χ0) is 14.2. The fourth-order valence-corrected chi connectivity index (χ4v) is 2.27. The van der Waals surface area contributed by atoms with Crippen LogP contribution < -0.4 is 15.8 Å². The molecule has 0 bridgehead atoms. The molecule has 1 saturated heterocycles. The second-order valence-electron chi connectivity index (χ2n) is 5.01. The number of nitrogens with zero attached hydrogens (tertiary/aromatic N) is 1. The highest BCUT2D eigenvalue weighted by Gasteiger charge is 2.13. The van der Waals surface area contributed by atoms with Gasteiger partial charge < -0.3 is 15.8 Å². The first kappa shape index (κ1) is 14.8. The summed E-state index contributed by atoms with van der Waals surface area (Å²) in [5.41, 5.74) is 6.74. The Bertz CT molecular complexity index is 420. The number of carbonyl (C=O) groups excluding carboxylic acids is 1. The standard InChI is InChI=1S/C15H23N3O2/c16-7-6-13-2-4-14(5-3-13)20-11-10-18-9-1-8-17-15(19)12-18/h2-5H,1,6-12,16H2,(H,17,19). The first-order valence-corrected chi connectivity index (χ1v) is 7.19. The van der Waals surface area contributed by atoms with Crippen LogP contribution in [0.3, 0.4) is 0 Å². The molecule has 0 saturated carbocycles. The zero-order valence-corrected chi connectivity index (χ0v) is 11.8. The molecule has 5 nitrogen and oxygen atoms in total. The molecule has 2 rings (SSSR count). The van der Waals surface area contributed by atoms with E-state index in [0.29, 0.717) is 19.7 Å². The van der Waals surface area contributed by atoms with Crippen LogP contribution in [0.4, 0.5) is 0 Å². The van der Waals surface area contributed by atoms with E-state index in [1.807, 2.05) is 24.3 Å². The van der Waals surface area contributed by atoms with Gasteiger partial charge in [-0.1, -0.05) is 12.1 Å². The van der Waals surface area contributed by atoms with Gasteiger partial charge in [-0.15, -0.1) is 0 Å². The molecule has 0 radical (unpaired) electrons. The van der Waals surface area contributed by atoms with E-state index in [9.17, 15) is 4.79 Å². The quantitative estimate of drug-likeness (QED) is 0.789. The maximum atomic E-state index is 11.4. The first-order chi connectivity index (χ1) is 9.78. The molecule has 0 aromatic heterocycles. The summed E-state index contributed by atoms with van der Waals surface area (Å²) in [7, 11) is 0. The summed E-state index contributed by atoms with van der Waals surface area (Å²) in [6.45, 7) is 4.23. The van der Waals surface area contributed by atoms with Crippen molar-refractivity contribution in [2.24, 2.45) is 5.73 Å². The molecule has 3 N–H and O–H groups in total. The Morgan fingerprint density at radius 2 is 2.10 bits per heavy atom. The number of hydrogen-bond acceptors (Lipinski definition) is 4. The Hall–Kier alpha value is -1.59. The van der Waals surface area contributed by atoms with Gasteiger partial charge in [-0.05, 0) is 37.1 Å². The van der Waals surface area contributed by atoms with Crippen LogP contribution in [0.2, 0.25) is 0 Å². The molecule has 1 amide bonds. The van der Waals surface area contributed by atoms with Gasteiger partial charge in [0.2, 0.25) is 5.91 Å². The number of rotatable bonds is 6. The summed E-state index contributed by atoms with van der Waals surface area (Å²) in [4.78, 5) is 13.6. The number of hydrogen-bond donors (Lipinski definition) is 2. The minimum absolute atomic E-state index is 0.105. The molecule has 0 spiro atoms. The molecular formula is C15H23N3O2. The van der Waals surface area contributed by atoms with E-state index in [0.717, 1.165) is 38.2 Å². The topological polar surface area (TPSA) is 67.6 Å². The minimum Gasteiger partial charge on any atom is -0.492 e. The van der Waals surface area contributed by atoms with Crippen molar-refractivity contribution in [2.75, 3.05) is 39.3 Å².